The maximum atomic E-state index is 11.8. The predicted molar refractivity (Wildman–Crippen MR) is 515 cm³/mol. The zero-order valence-electron chi connectivity index (χ0n) is 86.4. The Balaban J connectivity index is -0.000000317. The maximum Gasteiger partial charge on any atom is 2.00 e. The molecule has 53 heteroatoms. The summed E-state index contributed by atoms with van der Waals surface area (Å²) in [5.41, 5.74) is 2.20. The zero-order chi connectivity index (χ0) is 111. The van der Waals surface area contributed by atoms with Crippen LogP contribution < -0.4 is 101 Å². The first-order valence-corrected chi connectivity index (χ1v) is 46.3. The molecule has 1 saturated heterocycles. The zero-order valence-corrected chi connectivity index (χ0v) is 96.5. The molecule has 47 nitrogen and oxygen atoms in total. The molecule has 0 saturated carbocycles. The molecule has 5 amide bonds. The minimum absolute atomic E-state index is 0. The third-order valence-electron chi connectivity index (χ3n) is 16.4. The Kier molecular flexibility index (Phi) is 92.5. The van der Waals surface area contributed by atoms with Gasteiger partial charge in [-0.3, -0.25) is 24.0 Å². The van der Waals surface area contributed by atoms with Gasteiger partial charge in [-0.1, -0.05) is 156 Å². The molecule has 804 valence electrons. The number of ether oxygens (including phenoxy) is 12. The van der Waals surface area contributed by atoms with Gasteiger partial charge in [0, 0.05) is 111 Å². The first kappa shape index (κ1) is 152. The topological polar surface area (TPSA) is 692 Å². The summed E-state index contributed by atoms with van der Waals surface area (Å²) in [5, 5.41) is 70.8. The SMILES string of the molecule is CC(=O)OO.CC(=O)[O-].CC(=O)[O-].CC(C)C[C@H](CNC(=O)O[C@H](C)OC(=O)c1ccccc1)CC(=O)O.CC(C)C[C@H](CNC(=O)O[C@H](C)OC(=O)c1ccccc1)CC(=O)[O-].CC(C)C[C@H](CNC(=O)O[C@H](C)OC(=O)c1ccccc1)CC(=O)[O-].CSC(=O)OC(C)OC(=O)c1ccccc1.CSC(=O)O[C@H](C)OC(=O)c1ccccc1.C[C@@H](OC(=O)ON1C(=O)CCC1=O)OC(=O)c1ccccc1.O=CO[O-].[Ca+2].[Ca+2].[Na+].[Na+]. The second kappa shape index (κ2) is 91.5. The number of alkyl carbamates (subject to hydrolysis) is 3. The van der Waals surface area contributed by atoms with Gasteiger partial charge in [0.1, 0.15) is 0 Å². The second-order valence-corrected chi connectivity index (χ2v) is 32.1. The molecule has 150 heavy (non-hydrogen) atoms. The average molecular weight is 2220 g/mol. The number of esters is 6. The molecule has 7 rings (SSSR count). The van der Waals surface area contributed by atoms with Gasteiger partial charge in [0.2, 0.25) is 37.7 Å². The number of carbonyl (C=O) groups is 21. The molecule has 1 unspecified atom stereocenters. The van der Waals surface area contributed by atoms with Gasteiger partial charge in [-0.15, -0.1) is 0 Å². The number of amides is 5. The Labute approximate surface area is 978 Å². The number of hydrogen-bond acceptors (Lipinski definition) is 44. The van der Waals surface area contributed by atoms with E-state index in [0.717, 1.165) is 44.3 Å². The standard InChI is InChI=1S/3C18H25NO6.C14H13NO7.2C11H12O4S.C2H4O3.2C2H4O2.CH2O3.2Ca.2Na/c3*1-12(2)9-14(10-16(20)21)11-19-18(23)25-13(3)24-17(22)15-7-5-4-6-8-15;1-9(20-13(18)10-5-3-2-4-6-10)21-14(19)22-15-11(16)7-8-12(15)17;2*1-8(15-11(13)16-2)14-10(12)9-6-4-3-5-7-9;1-2(3)5-4;2*1-2(3)4;2-1-4-3;;;;/h3*4-8,12-14H,9-11H2,1-3H3,(H,19,23)(H,20,21);2-6,9H,7-8H2,1H3;2*3-8H,1-2H3;4H,1H3;2*1H3,(H,3,4);1,3H;;;;/q;;;;;;;;;;2*+2;2*+1/p-5/t3*13-,14+;9-;8-;;;;;;;;;/m11111........./s1. The molecule has 1 aliphatic rings. The minimum Gasteiger partial charge on any atom is -0.662 e. The number of thioether (sulfide) groups is 2. The van der Waals surface area contributed by atoms with E-state index in [0.29, 0.717) is 58.1 Å². The molecular weight excluding hydrogens is 2100 g/mol. The van der Waals surface area contributed by atoms with Crippen LogP contribution in [0.15, 0.2) is 182 Å². The van der Waals surface area contributed by atoms with Crippen LogP contribution in [0, 0.1) is 35.5 Å². The Morgan fingerprint density at radius 1 is 0.360 bits per heavy atom. The van der Waals surface area contributed by atoms with Gasteiger partial charge >= 0.3 is 217 Å². The molecule has 6 aromatic rings. The molecule has 5 N–H and O–H groups in total. The largest absolute Gasteiger partial charge is 2.00 e. The van der Waals surface area contributed by atoms with E-state index < -0.39 is 156 Å². The van der Waals surface area contributed by atoms with E-state index in [1.54, 1.807) is 182 Å². The molecule has 0 spiro atoms. The van der Waals surface area contributed by atoms with Crippen molar-refractivity contribution in [2.45, 2.75) is 193 Å². The van der Waals surface area contributed by atoms with Crippen LogP contribution in [0.5, 0.6) is 0 Å². The monoisotopic (exact) mass is 2220 g/mol. The smallest absolute Gasteiger partial charge is 0.662 e. The Hall–Kier alpha value is -11.3. The van der Waals surface area contributed by atoms with Gasteiger partial charge in [0.15, 0.2) is 0 Å². The van der Waals surface area contributed by atoms with Crippen LogP contribution in [-0.4, -0.2) is 286 Å². The minimum atomic E-state index is -1.31. The average Bonchev–Trinajstić information content (AvgIpc) is 1.72. The number of aliphatic carboxylic acids is 5. The number of hydroxylamine groups is 2. The summed E-state index contributed by atoms with van der Waals surface area (Å²) in [6.07, 6.45) is -5.07. The summed E-state index contributed by atoms with van der Waals surface area (Å²) in [4.78, 5) is 240. The van der Waals surface area contributed by atoms with Crippen molar-refractivity contribution in [3.8, 4) is 0 Å². The van der Waals surface area contributed by atoms with Crippen LogP contribution in [0.2, 0.25) is 0 Å². The molecule has 1 aliphatic heterocycles. The fourth-order valence-electron chi connectivity index (χ4n) is 10.9. The van der Waals surface area contributed by atoms with E-state index in [-0.39, 0.29) is 228 Å². The van der Waals surface area contributed by atoms with E-state index in [1.807, 2.05) is 41.5 Å². The van der Waals surface area contributed by atoms with Gasteiger partial charge in [-0.25, -0.2) is 62.3 Å². The molecule has 0 aromatic heterocycles. The van der Waals surface area contributed by atoms with Crippen molar-refractivity contribution in [3.05, 3.63) is 215 Å². The molecule has 9 atom stereocenters. The van der Waals surface area contributed by atoms with E-state index >= 15 is 0 Å². The van der Waals surface area contributed by atoms with Crippen LogP contribution in [0.3, 0.4) is 0 Å². The number of carboxylic acids is 5. The first-order chi connectivity index (χ1) is 68.7. The second-order valence-electron chi connectivity index (χ2n) is 30.6. The van der Waals surface area contributed by atoms with Gasteiger partial charge < -0.3 is 133 Å². The fourth-order valence-corrected chi connectivity index (χ4v) is 11.3. The quantitative estimate of drug-likeness (QED) is 0.00543. The van der Waals surface area contributed by atoms with E-state index in [2.05, 4.69) is 35.3 Å². The number of nitrogens with zero attached hydrogens (tertiary/aromatic N) is 1. The van der Waals surface area contributed by atoms with Crippen LogP contribution in [-0.2, 0) is 115 Å². The molecule has 0 aliphatic carbocycles. The summed E-state index contributed by atoms with van der Waals surface area (Å²) in [5.74, 6) is -10.7. The third kappa shape index (κ3) is 85.4. The predicted octanol–water partition coefficient (Wildman–Crippen LogP) is 2.49. The van der Waals surface area contributed by atoms with Crippen LogP contribution >= 0.6 is 23.5 Å². The molecule has 6 aromatic carbocycles. The van der Waals surface area contributed by atoms with Gasteiger partial charge in [-0.2, -0.15) is 5.26 Å². The molecule has 0 bridgehead atoms. The van der Waals surface area contributed by atoms with Gasteiger partial charge in [-0.05, 0) is 190 Å². The van der Waals surface area contributed by atoms with Gasteiger partial charge in [0.25, 0.3) is 18.3 Å². The van der Waals surface area contributed by atoms with Gasteiger partial charge in [0.05, 0.1) is 33.4 Å². The number of imide groups is 1. The summed E-state index contributed by atoms with van der Waals surface area (Å²) < 4.78 is 58.8. The van der Waals surface area contributed by atoms with E-state index in [1.165, 1.54) is 53.7 Å². The number of nitrogens with one attached hydrogen (secondary N) is 3. The normalized spacial score (nSPS) is 11.9. The van der Waals surface area contributed by atoms with Crippen molar-refractivity contribution in [1.82, 2.24) is 21.0 Å². The summed E-state index contributed by atoms with van der Waals surface area (Å²) >= 11 is 1.85. The fraction of sp³-hybridized carbons (Fsp3) is 0.412. The van der Waals surface area contributed by atoms with Crippen molar-refractivity contribution < 1.29 is 267 Å². The van der Waals surface area contributed by atoms with Crippen LogP contribution in [0.25, 0.3) is 0 Å². The Morgan fingerprint density at radius 2 is 0.553 bits per heavy atom. The van der Waals surface area contributed by atoms with Crippen molar-refractivity contribution in [2.24, 2.45) is 35.5 Å². The molecule has 0 radical (unpaired) electrons. The number of carboxylic acid groups (broad SMARTS) is 5. The Bertz CT molecular complexity index is 4630. The third-order valence-corrected chi connectivity index (χ3v) is 17.2. The molecule has 1 heterocycles. The van der Waals surface area contributed by atoms with Crippen molar-refractivity contribution in [3.63, 3.8) is 0 Å². The van der Waals surface area contributed by atoms with Crippen LogP contribution in [0.1, 0.15) is 217 Å². The number of hydrogen-bond donors (Lipinski definition) is 5. The maximum absolute atomic E-state index is 11.8. The van der Waals surface area contributed by atoms with E-state index in [4.69, 9.17) is 92.3 Å². The number of carbonyl (C=O) groups excluding carboxylic acids is 20. The van der Waals surface area contributed by atoms with E-state index in [9.17, 15) is 96.5 Å². The van der Waals surface area contributed by atoms with Crippen molar-refractivity contribution in [2.75, 3.05) is 32.1 Å². The first-order valence-electron chi connectivity index (χ1n) is 43.9. The number of benzene rings is 6. The van der Waals surface area contributed by atoms with Crippen molar-refractivity contribution in [1.29, 1.82) is 0 Å². The van der Waals surface area contributed by atoms with Crippen LogP contribution in [0.4, 0.5) is 28.8 Å². The number of rotatable bonds is 38. The Morgan fingerprint density at radius 3 is 0.727 bits per heavy atom. The summed E-state index contributed by atoms with van der Waals surface area (Å²) in [6, 6.07) is 50.2. The molecule has 1 fully saturated rings. The summed E-state index contributed by atoms with van der Waals surface area (Å²) in [6.45, 7) is 23.7. The molecular formula is C97H121Ca2N4Na2O43S2+. The summed E-state index contributed by atoms with van der Waals surface area (Å²) in [7, 11) is 0. The van der Waals surface area contributed by atoms with Crippen molar-refractivity contribution >= 4 is 224 Å².